The van der Waals surface area contributed by atoms with E-state index in [-0.39, 0.29) is 12.1 Å². The van der Waals surface area contributed by atoms with E-state index >= 15 is 0 Å². The Morgan fingerprint density at radius 2 is 1.93 bits per heavy atom. The van der Waals surface area contributed by atoms with Crippen LogP contribution in [0.4, 0.5) is 4.79 Å². The number of nitrogens with zero attached hydrogens (tertiary/aromatic N) is 1. The molecular weight excluding hydrogens is 178 g/mol. The zero-order chi connectivity index (χ0) is 11.1. The van der Waals surface area contributed by atoms with Crippen LogP contribution < -0.4 is 10.6 Å². The Hall–Kier alpha value is -0.770. The average Bonchev–Trinajstić information content (AvgIpc) is 2.02. The van der Waals surface area contributed by atoms with Crippen molar-refractivity contribution in [3.63, 3.8) is 0 Å². The standard InChI is InChI=1S/C10H23N3O/c1-6-11-10(14)12-9(8(2)3)7-13(4)5/h8-9H,6-7H2,1-5H3,(H2,11,12,14). The predicted octanol–water partition coefficient (Wildman–Crippen LogP) is 0.892. The van der Waals surface area contributed by atoms with Gasteiger partial charge in [0.25, 0.3) is 0 Å². The molecule has 2 N–H and O–H groups in total. The lowest BCUT2D eigenvalue weighted by molar-refractivity contribution is 0.225. The number of likely N-dealkylation sites (N-methyl/N-ethyl adjacent to an activating group) is 1. The van der Waals surface area contributed by atoms with Crippen molar-refractivity contribution in [2.75, 3.05) is 27.2 Å². The van der Waals surface area contributed by atoms with Crippen molar-refractivity contribution in [2.24, 2.45) is 5.92 Å². The van der Waals surface area contributed by atoms with Crippen molar-refractivity contribution in [2.45, 2.75) is 26.8 Å². The van der Waals surface area contributed by atoms with Crippen LogP contribution in [0.5, 0.6) is 0 Å². The van der Waals surface area contributed by atoms with Gasteiger partial charge in [-0.3, -0.25) is 0 Å². The molecule has 0 aliphatic rings. The minimum atomic E-state index is -0.0759. The summed E-state index contributed by atoms with van der Waals surface area (Å²) in [6.07, 6.45) is 0. The molecular formula is C10H23N3O. The van der Waals surface area contributed by atoms with Gasteiger partial charge in [0.15, 0.2) is 0 Å². The number of hydrogen-bond acceptors (Lipinski definition) is 2. The van der Waals surface area contributed by atoms with Crippen molar-refractivity contribution < 1.29 is 4.79 Å². The first-order valence-corrected chi connectivity index (χ1v) is 5.16. The second kappa shape index (κ2) is 6.65. The minimum Gasteiger partial charge on any atom is -0.338 e. The van der Waals surface area contributed by atoms with E-state index in [1.54, 1.807) is 0 Å². The van der Waals surface area contributed by atoms with Crippen LogP contribution in [-0.2, 0) is 0 Å². The van der Waals surface area contributed by atoms with E-state index in [9.17, 15) is 4.79 Å². The summed E-state index contributed by atoms with van der Waals surface area (Å²) >= 11 is 0. The molecule has 14 heavy (non-hydrogen) atoms. The summed E-state index contributed by atoms with van der Waals surface area (Å²) in [5.74, 6) is 0.444. The summed E-state index contributed by atoms with van der Waals surface area (Å²) in [6, 6.07) is 0.129. The molecule has 0 spiro atoms. The first-order valence-electron chi connectivity index (χ1n) is 5.16. The van der Waals surface area contributed by atoms with Crippen LogP contribution in [0.3, 0.4) is 0 Å². The average molecular weight is 201 g/mol. The number of carbonyl (C=O) groups excluding carboxylic acids is 1. The Balaban J connectivity index is 4.02. The minimum absolute atomic E-state index is 0.0759. The summed E-state index contributed by atoms with van der Waals surface area (Å²) < 4.78 is 0. The third-order valence-corrected chi connectivity index (χ3v) is 2.02. The van der Waals surface area contributed by atoms with E-state index in [0.29, 0.717) is 12.5 Å². The summed E-state index contributed by atoms with van der Waals surface area (Å²) in [6.45, 7) is 7.67. The second-order valence-electron chi connectivity index (χ2n) is 4.12. The molecule has 0 aliphatic carbocycles. The van der Waals surface area contributed by atoms with Gasteiger partial charge in [0, 0.05) is 19.1 Å². The molecule has 0 aromatic heterocycles. The van der Waals surface area contributed by atoms with Gasteiger partial charge in [-0.15, -0.1) is 0 Å². The topological polar surface area (TPSA) is 44.4 Å². The van der Waals surface area contributed by atoms with Gasteiger partial charge >= 0.3 is 6.03 Å². The number of amides is 2. The molecule has 0 radical (unpaired) electrons. The quantitative estimate of drug-likeness (QED) is 0.694. The van der Waals surface area contributed by atoms with E-state index in [1.807, 2.05) is 21.0 Å². The lowest BCUT2D eigenvalue weighted by atomic mass is 10.0. The number of nitrogens with one attached hydrogen (secondary N) is 2. The van der Waals surface area contributed by atoms with Crippen molar-refractivity contribution in [3.05, 3.63) is 0 Å². The maximum absolute atomic E-state index is 11.3. The molecule has 0 bridgehead atoms. The molecule has 0 rings (SSSR count). The summed E-state index contributed by atoms with van der Waals surface area (Å²) in [5, 5.41) is 5.69. The monoisotopic (exact) mass is 201 g/mol. The fraction of sp³-hybridized carbons (Fsp3) is 0.900. The SMILES string of the molecule is CCNC(=O)NC(CN(C)C)C(C)C. The van der Waals surface area contributed by atoms with Crippen LogP contribution in [0.15, 0.2) is 0 Å². The summed E-state index contributed by atoms with van der Waals surface area (Å²) in [7, 11) is 4.02. The lowest BCUT2D eigenvalue weighted by Gasteiger charge is -2.25. The van der Waals surface area contributed by atoms with Gasteiger partial charge in [-0.05, 0) is 26.9 Å². The fourth-order valence-electron chi connectivity index (χ4n) is 1.20. The normalized spacial score (nSPS) is 13.1. The Kier molecular flexibility index (Phi) is 6.28. The van der Waals surface area contributed by atoms with Crippen molar-refractivity contribution in [3.8, 4) is 0 Å². The van der Waals surface area contributed by atoms with Crippen LogP contribution in [0.1, 0.15) is 20.8 Å². The highest BCUT2D eigenvalue weighted by molar-refractivity contribution is 5.74. The van der Waals surface area contributed by atoms with E-state index < -0.39 is 0 Å². The molecule has 4 heteroatoms. The highest BCUT2D eigenvalue weighted by Gasteiger charge is 2.16. The van der Waals surface area contributed by atoms with Crippen molar-refractivity contribution in [1.29, 1.82) is 0 Å². The van der Waals surface area contributed by atoms with Gasteiger partial charge in [-0.1, -0.05) is 13.8 Å². The zero-order valence-electron chi connectivity index (χ0n) is 9.92. The van der Waals surface area contributed by atoms with Gasteiger partial charge in [0.1, 0.15) is 0 Å². The Labute approximate surface area is 87.0 Å². The smallest absolute Gasteiger partial charge is 0.315 e. The molecule has 0 aromatic rings. The lowest BCUT2D eigenvalue weighted by Crippen LogP contribution is -2.48. The summed E-state index contributed by atoms with van der Waals surface area (Å²) in [5.41, 5.74) is 0. The van der Waals surface area contributed by atoms with Crippen LogP contribution in [-0.4, -0.2) is 44.2 Å². The van der Waals surface area contributed by atoms with E-state index in [2.05, 4.69) is 29.4 Å². The predicted molar refractivity (Wildman–Crippen MR) is 59.4 cm³/mol. The molecule has 0 aliphatic heterocycles. The van der Waals surface area contributed by atoms with Crippen LogP contribution in [0.25, 0.3) is 0 Å². The van der Waals surface area contributed by atoms with Crippen LogP contribution in [0, 0.1) is 5.92 Å². The Morgan fingerprint density at radius 3 is 2.29 bits per heavy atom. The molecule has 0 saturated carbocycles. The largest absolute Gasteiger partial charge is 0.338 e. The third kappa shape index (κ3) is 5.80. The van der Waals surface area contributed by atoms with Gasteiger partial charge < -0.3 is 15.5 Å². The maximum atomic E-state index is 11.3. The summed E-state index contributed by atoms with van der Waals surface area (Å²) in [4.78, 5) is 13.4. The third-order valence-electron chi connectivity index (χ3n) is 2.02. The van der Waals surface area contributed by atoms with E-state index in [4.69, 9.17) is 0 Å². The molecule has 4 nitrogen and oxygen atoms in total. The maximum Gasteiger partial charge on any atom is 0.315 e. The number of urea groups is 1. The molecule has 1 unspecified atom stereocenters. The molecule has 0 saturated heterocycles. The molecule has 0 heterocycles. The highest BCUT2D eigenvalue weighted by Crippen LogP contribution is 2.02. The fourth-order valence-corrected chi connectivity index (χ4v) is 1.20. The molecule has 1 atom stereocenters. The number of rotatable bonds is 5. The molecule has 2 amide bonds. The Bertz CT molecular complexity index is 169. The van der Waals surface area contributed by atoms with Crippen molar-refractivity contribution in [1.82, 2.24) is 15.5 Å². The highest BCUT2D eigenvalue weighted by atomic mass is 16.2. The molecule has 84 valence electrons. The first-order chi connectivity index (χ1) is 6.47. The van der Waals surface area contributed by atoms with Gasteiger partial charge in [-0.2, -0.15) is 0 Å². The van der Waals surface area contributed by atoms with Crippen LogP contribution >= 0.6 is 0 Å². The molecule has 0 fully saturated rings. The van der Waals surface area contributed by atoms with Gasteiger partial charge in [0.2, 0.25) is 0 Å². The number of hydrogen-bond donors (Lipinski definition) is 2. The van der Waals surface area contributed by atoms with Crippen molar-refractivity contribution >= 4 is 6.03 Å². The zero-order valence-corrected chi connectivity index (χ0v) is 9.92. The Morgan fingerprint density at radius 1 is 1.36 bits per heavy atom. The second-order valence-corrected chi connectivity index (χ2v) is 4.12. The number of carbonyl (C=O) groups is 1. The van der Waals surface area contributed by atoms with E-state index in [0.717, 1.165) is 6.54 Å². The van der Waals surface area contributed by atoms with Gasteiger partial charge in [-0.25, -0.2) is 4.79 Å². The molecule has 0 aromatic carbocycles. The first kappa shape index (κ1) is 13.2. The van der Waals surface area contributed by atoms with E-state index in [1.165, 1.54) is 0 Å². The van der Waals surface area contributed by atoms with Gasteiger partial charge in [0.05, 0.1) is 0 Å². The van der Waals surface area contributed by atoms with Crippen LogP contribution in [0.2, 0.25) is 0 Å².